The maximum absolute atomic E-state index is 12.1. The summed E-state index contributed by atoms with van der Waals surface area (Å²) in [5.74, 6) is 0.918. The Kier molecular flexibility index (Phi) is 3.06. The first-order valence-electron chi connectivity index (χ1n) is 6.97. The molecule has 0 spiro atoms. The van der Waals surface area contributed by atoms with Gasteiger partial charge in [0.2, 0.25) is 0 Å². The zero-order valence-electron chi connectivity index (χ0n) is 12.1. The Labute approximate surface area is 123 Å². The third-order valence-electron chi connectivity index (χ3n) is 4.42. The summed E-state index contributed by atoms with van der Waals surface area (Å²) >= 11 is 1.53. The number of hydrogen-bond acceptors (Lipinski definition) is 5. The minimum absolute atomic E-state index is 0.0552. The van der Waals surface area contributed by atoms with Crippen molar-refractivity contribution in [2.75, 3.05) is 19.6 Å². The molecule has 1 saturated carbocycles. The van der Waals surface area contributed by atoms with Crippen LogP contribution < -0.4 is 5.73 Å². The van der Waals surface area contributed by atoms with Crippen LogP contribution in [-0.4, -0.2) is 40.6 Å². The van der Waals surface area contributed by atoms with Crippen molar-refractivity contribution in [1.29, 1.82) is 0 Å². The standard InChI is InChI=1S/C14H21N3O2S/c1-13(2,3)19-12(18)17-6-9-10(7-17)14(9,8-15)11-4-5-16-20-11/h4-5,9-10H,6-8,15H2,1-3H3/t9-,10+,14?. The molecular weight excluding hydrogens is 274 g/mol. The Morgan fingerprint density at radius 2 is 2.20 bits per heavy atom. The summed E-state index contributed by atoms with van der Waals surface area (Å²) in [5, 5.41) is 0. The van der Waals surface area contributed by atoms with Crippen LogP contribution in [0.2, 0.25) is 0 Å². The van der Waals surface area contributed by atoms with E-state index in [0.29, 0.717) is 18.4 Å². The molecule has 1 aliphatic heterocycles. The Bertz CT molecular complexity index is 497. The second kappa shape index (κ2) is 4.43. The van der Waals surface area contributed by atoms with Gasteiger partial charge < -0.3 is 15.4 Å². The number of nitrogens with zero attached hydrogens (tertiary/aromatic N) is 2. The molecular formula is C14H21N3O2S. The number of amides is 1. The van der Waals surface area contributed by atoms with Gasteiger partial charge in [0.1, 0.15) is 5.60 Å². The lowest BCUT2D eigenvalue weighted by molar-refractivity contribution is 0.0262. The molecule has 6 heteroatoms. The molecule has 3 rings (SSSR count). The molecule has 0 bridgehead atoms. The Morgan fingerprint density at radius 1 is 1.55 bits per heavy atom. The number of nitrogens with two attached hydrogens (primary N) is 1. The summed E-state index contributed by atoms with van der Waals surface area (Å²) in [6.07, 6.45) is 1.62. The van der Waals surface area contributed by atoms with E-state index < -0.39 is 5.60 Å². The molecule has 1 aromatic heterocycles. The quantitative estimate of drug-likeness (QED) is 0.904. The molecule has 2 N–H and O–H groups in total. The smallest absolute Gasteiger partial charge is 0.410 e. The van der Waals surface area contributed by atoms with E-state index in [-0.39, 0.29) is 11.5 Å². The molecule has 3 atom stereocenters. The summed E-state index contributed by atoms with van der Waals surface area (Å²) in [6.45, 7) is 7.80. The van der Waals surface area contributed by atoms with Gasteiger partial charge in [-0.25, -0.2) is 9.17 Å². The fourth-order valence-electron chi connectivity index (χ4n) is 3.43. The van der Waals surface area contributed by atoms with Crippen LogP contribution in [0, 0.1) is 11.8 Å². The lowest BCUT2D eigenvalue weighted by atomic mass is 9.98. The Balaban J connectivity index is 1.67. The molecule has 1 amide bonds. The highest BCUT2D eigenvalue weighted by atomic mass is 32.1. The number of fused-ring (bicyclic) bond motifs is 1. The fraction of sp³-hybridized carbons (Fsp3) is 0.714. The van der Waals surface area contributed by atoms with Gasteiger partial charge in [0, 0.05) is 36.1 Å². The fourth-order valence-corrected chi connectivity index (χ4v) is 4.35. The second-order valence-corrected chi connectivity index (χ2v) is 7.55. The minimum Gasteiger partial charge on any atom is -0.444 e. The maximum atomic E-state index is 12.1. The van der Waals surface area contributed by atoms with Gasteiger partial charge >= 0.3 is 6.09 Å². The van der Waals surface area contributed by atoms with Gasteiger partial charge in [0.05, 0.1) is 0 Å². The van der Waals surface area contributed by atoms with Gasteiger partial charge in [0.15, 0.2) is 0 Å². The average Bonchev–Trinajstić information content (AvgIpc) is 2.85. The molecule has 2 fully saturated rings. The number of carbonyl (C=O) groups is 1. The monoisotopic (exact) mass is 295 g/mol. The van der Waals surface area contributed by atoms with Gasteiger partial charge in [-0.15, -0.1) is 0 Å². The van der Waals surface area contributed by atoms with Crippen molar-refractivity contribution < 1.29 is 9.53 Å². The summed E-state index contributed by atoms with van der Waals surface area (Å²) in [7, 11) is 0. The van der Waals surface area contributed by atoms with E-state index in [1.807, 2.05) is 31.9 Å². The van der Waals surface area contributed by atoms with Crippen molar-refractivity contribution in [3.05, 3.63) is 17.1 Å². The molecule has 0 radical (unpaired) electrons. The lowest BCUT2D eigenvalue weighted by Crippen LogP contribution is -2.40. The number of piperidine rings is 1. The van der Waals surface area contributed by atoms with Gasteiger partial charge in [-0.3, -0.25) is 0 Å². The van der Waals surface area contributed by atoms with Gasteiger partial charge in [0.25, 0.3) is 0 Å². The van der Waals surface area contributed by atoms with Crippen LogP contribution in [0.25, 0.3) is 0 Å². The van der Waals surface area contributed by atoms with E-state index in [9.17, 15) is 4.79 Å². The van der Waals surface area contributed by atoms with Crippen molar-refractivity contribution in [1.82, 2.24) is 9.27 Å². The number of rotatable bonds is 2. The Morgan fingerprint density at radius 3 is 2.65 bits per heavy atom. The van der Waals surface area contributed by atoms with Gasteiger partial charge in [-0.1, -0.05) is 0 Å². The first kappa shape index (κ1) is 13.8. The third kappa shape index (κ3) is 2.02. The number of hydrogen-bond donors (Lipinski definition) is 1. The summed E-state index contributed by atoms with van der Waals surface area (Å²) in [6, 6.07) is 2.06. The molecule has 5 nitrogen and oxygen atoms in total. The highest BCUT2D eigenvalue weighted by Crippen LogP contribution is 2.63. The van der Waals surface area contributed by atoms with E-state index in [1.54, 1.807) is 0 Å². The summed E-state index contributed by atoms with van der Waals surface area (Å²) < 4.78 is 9.62. The van der Waals surface area contributed by atoms with E-state index in [4.69, 9.17) is 10.5 Å². The van der Waals surface area contributed by atoms with Crippen molar-refractivity contribution in [2.45, 2.75) is 31.8 Å². The maximum Gasteiger partial charge on any atom is 0.410 e. The zero-order valence-corrected chi connectivity index (χ0v) is 12.9. The predicted molar refractivity (Wildman–Crippen MR) is 77.6 cm³/mol. The van der Waals surface area contributed by atoms with Crippen molar-refractivity contribution in [2.24, 2.45) is 17.6 Å². The zero-order chi connectivity index (χ0) is 14.5. The van der Waals surface area contributed by atoms with Crippen LogP contribution in [0.1, 0.15) is 25.6 Å². The largest absolute Gasteiger partial charge is 0.444 e. The first-order valence-corrected chi connectivity index (χ1v) is 7.75. The SMILES string of the molecule is CC(C)(C)OC(=O)N1C[C@@H]2[C@H](C1)C2(CN)c1ccns1. The van der Waals surface area contributed by atoms with E-state index in [1.165, 1.54) is 16.4 Å². The van der Waals surface area contributed by atoms with Crippen molar-refractivity contribution in [3.63, 3.8) is 0 Å². The molecule has 1 aliphatic carbocycles. The number of carbonyl (C=O) groups excluding carboxylic acids is 1. The summed E-state index contributed by atoms with van der Waals surface area (Å²) in [5.41, 5.74) is 5.64. The second-order valence-electron chi connectivity index (χ2n) is 6.72. The normalized spacial score (nSPS) is 32.1. The molecule has 1 aromatic rings. The molecule has 20 heavy (non-hydrogen) atoms. The molecule has 2 heterocycles. The average molecular weight is 295 g/mol. The first-order chi connectivity index (χ1) is 9.38. The Hall–Kier alpha value is -1.14. The molecule has 1 unspecified atom stereocenters. The van der Waals surface area contributed by atoms with E-state index in [2.05, 4.69) is 10.4 Å². The van der Waals surface area contributed by atoms with Crippen LogP contribution in [0.3, 0.4) is 0 Å². The highest BCUT2D eigenvalue weighted by Gasteiger charge is 2.69. The number of likely N-dealkylation sites (tertiary alicyclic amines) is 1. The van der Waals surface area contributed by atoms with Crippen LogP contribution in [0.15, 0.2) is 12.3 Å². The summed E-state index contributed by atoms with van der Waals surface area (Å²) in [4.78, 5) is 15.2. The predicted octanol–water partition coefficient (Wildman–Crippen LogP) is 1.84. The van der Waals surface area contributed by atoms with Crippen molar-refractivity contribution >= 4 is 17.6 Å². The minimum atomic E-state index is -0.438. The van der Waals surface area contributed by atoms with Gasteiger partial charge in [-0.2, -0.15) is 0 Å². The molecule has 1 saturated heterocycles. The topological polar surface area (TPSA) is 68.5 Å². The van der Waals surface area contributed by atoms with Crippen LogP contribution in [-0.2, 0) is 10.2 Å². The van der Waals surface area contributed by atoms with Crippen LogP contribution in [0.5, 0.6) is 0 Å². The molecule has 0 aromatic carbocycles. The van der Waals surface area contributed by atoms with Crippen molar-refractivity contribution in [3.8, 4) is 0 Å². The van der Waals surface area contributed by atoms with E-state index >= 15 is 0 Å². The lowest BCUT2D eigenvalue weighted by Gasteiger charge is -2.28. The molecule has 110 valence electrons. The third-order valence-corrected chi connectivity index (χ3v) is 5.36. The number of aromatic nitrogens is 1. The van der Waals surface area contributed by atoms with E-state index in [0.717, 1.165) is 13.1 Å². The van der Waals surface area contributed by atoms with Crippen LogP contribution >= 0.6 is 11.5 Å². The van der Waals surface area contributed by atoms with Gasteiger partial charge in [-0.05, 0) is 50.2 Å². The van der Waals surface area contributed by atoms with Crippen LogP contribution in [0.4, 0.5) is 4.79 Å². The molecule has 2 aliphatic rings. The highest BCUT2D eigenvalue weighted by molar-refractivity contribution is 7.06. The number of ether oxygens (including phenoxy) is 1.